The topological polar surface area (TPSA) is 92.2 Å². The van der Waals surface area contributed by atoms with Crippen LogP contribution in [0.4, 0.5) is 10.5 Å². The molecule has 1 aromatic carbocycles. The van der Waals surface area contributed by atoms with Gasteiger partial charge < -0.3 is 25.2 Å². The number of hydrogen-bond acceptors (Lipinski definition) is 4. The predicted octanol–water partition coefficient (Wildman–Crippen LogP) is 0.920. The molecule has 3 amide bonds. The minimum atomic E-state index is -0.564. The average molecular weight is 426 g/mol. The lowest BCUT2D eigenvalue weighted by atomic mass is 10.2. The molecule has 0 atom stereocenters. The van der Waals surface area contributed by atoms with E-state index in [9.17, 15) is 14.4 Å². The minimum Gasteiger partial charge on any atom is -0.444 e. The Kier molecular flexibility index (Phi) is 8.28. The van der Waals surface area contributed by atoms with Crippen molar-refractivity contribution in [2.45, 2.75) is 32.8 Å². The van der Waals surface area contributed by atoms with Crippen LogP contribution >= 0.6 is 11.6 Å². The van der Waals surface area contributed by atoms with Gasteiger partial charge in [0.25, 0.3) is 5.91 Å². The fraction of sp³-hybridized carbons (Fsp3) is 0.550. The highest BCUT2D eigenvalue weighted by molar-refractivity contribution is 6.33. The predicted molar refractivity (Wildman–Crippen MR) is 111 cm³/mol. The van der Waals surface area contributed by atoms with Crippen molar-refractivity contribution in [1.82, 2.24) is 10.2 Å². The van der Waals surface area contributed by atoms with Gasteiger partial charge in [0.2, 0.25) is 5.91 Å². The Morgan fingerprint density at radius 3 is 2.45 bits per heavy atom. The summed E-state index contributed by atoms with van der Waals surface area (Å²) in [5, 5.41) is 5.92. The molecule has 0 unspecified atom stereocenters. The summed E-state index contributed by atoms with van der Waals surface area (Å²) in [7, 11) is 0. The van der Waals surface area contributed by atoms with Gasteiger partial charge in [-0.25, -0.2) is 4.79 Å². The zero-order valence-electron chi connectivity index (χ0n) is 17.2. The number of carbonyl (C=O) groups excluding carboxylic acids is 3. The van der Waals surface area contributed by atoms with Gasteiger partial charge in [0, 0.05) is 13.0 Å². The van der Waals surface area contributed by atoms with Crippen molar-refractivity contribution in [2.75, 3.05) is 44.6 Å². The molecule has 1 aliphatic heterocycles. The fourth-order valence-corrected chi connectivity index (χ4v) is 3.16. The van der Waals surface area contributed by atoms with Gasteiger partial charge in [0.15, 0.2) is 6.54 Å². The maximum absolute atomic E-state index is 12.3. The number of ether oxygens (including phenoxy) is 1. The van der Waals surface area contributed by atoms with E-state index in [-0.39, 0.29) is 24.8 Å². The van der Waals surface area contributed by atoms with Gasteiger partial charge in [-0.2, -0.15) is 0 Å². The lowest BCUT2D eigenvalue weighted by Gasteiger charge is -2.32. The Bertz CT molecular complexity index is 727. The first-order chi connectivity index (χ1) is 13.6. The summed E-state index contributed by atoms with van der Waals surface area (Å²) in [6.45, 7) is 8.48. The van der Waals surface area contributed by atoms with E-state index in [1.165, 1.54) is 0 Å². The van der Waals surface area contributed by atoms with Crippen LogP contribution in [0.5, 0.6) is 0 Å². The van der Waals surface area contributed by atoms with E-state index >= 15 is 0 Å². The molecule has 1 heterocycles. The van der Waals surface area contributed by atoms with Crippen LogP contribution in [0.3, 0.4) is 0 Å². The van der Waals surface area contributed by atoms with Crippen LogP contribution in [0.15, 0.2) is 24.3 Å². The Labute approximate surface area is 176 Å². The van der Waals surface area contributed by atoms with Crippen molar-refractivity contribution >= 4 is 35.2 Å². The lowest BCUT2D eigenvalue weighted by Crippen LogP contribution is -3.15. The largest absolute Gasteiger partial charge is 0.444 e. The molecular formula is C20H30ClN4O4+. The molecule has 0 aromatic heterocycles. The second-order valence-electron chi connectivity index (χ2n) is 8.01. The molecule has 1 fully saturated rings. The fourth-order valence-electron chi connectivity index (χ4n) is 2.98. The summed E-state index contributed by atoms with van der Waals surface area (Å²) >= 11 is 6.06. The molecule has 1 saturated heterocycles. The summed E-state index contributed by atoms with van der Waals surface area (Å²) in [5.41, 5.74) is 0.0376. The smallest absolute Gasteiger partial charge is 0.407 e. The number of rotatable bonds is 6. The Morgan fingerprint density at radius 1 is 1.17 bits per heavy atom. The van der Waals surface area contributed by atoms with Crippen LogP contribution in [-0.2, 0) is 14.3 Å². The first kappa shape index (κ1) is 23.0. The second kappa shape index (κ2) is 10.5. The monoisotopic (exact) mass is 425 g/mol. The molecule has 9 heteroatoms. The number of quaternary nitrogens is 1. The Hall–Kier alpha value is -2.32. The highest BCUT2D eigenvalue weighted by Gasteiger charge is 2.25. The van der Waals surface area contributed by atoms with Crippen LogP contribution < -0.4 is 15.5 Å². The molecule has 0 spiro atoms. The Morgan fingerprint density at radius 2 is 1.83 bits per heavy atom. The van der Waals surface area contributed by atoms with Crippen LogP contribution in [0, 0.1) is 0 Å². The quantitative estimate of drug-likeness (QED) is 0.632. The number of benzene rings is 1. The molecular weight excluding hydrogens is 396 g/mol. The third-order valence-electron chi connectivity index (χ3n) is 4.39. The molecule has 1 aromatic rings. The standard InChI is InChI=1S/C20H29ClN4O4/c1-20(2,3)29-19(28)22-9-8-18(27)25-12-10-24(11-13-25)14-17(26)23-16-7-5-4-6-15(16)21/h4-7H,8-14H2,1-3H3,(H,22,28)(H,23,26)/p+1. The molecule has 160 valence electrons. The Balaban J connectivity index is 1.66. The summed E-state index contributed by atoms with van der Waals surface area (Å²) in [5.74, 6) is -0.116. The van der Waals surface area contributed by atoms with Crippen molar-refractivity contribution in [3.8, 4) is 0 Å². The van der Waals surface area contributed by atoms with Gasteiger partial charge in [0.1, 0.15) is 5.60 Å². The van der Waals surface area contributed by atoms with E-state index in [1.807, 2.05) is 12.1 Å². The van der Waals surface area contributed by atoms with E-state index in [2.05, 4.69) is 10.6 Å². The van der Waals surface area contributed by atoms with E-state index in [4.69, 9.17) is 16.3 Å². The van der Waals surface area contributed by atoms with Crippen molar-refractivity contribution in [1.29, 1.82) is 0 Å². The molecule has 29 heavy (non-hydrogen) atoms. The first-order valence-corrected chi connectivity index (χ1v) is 10.1. The van der Waals surface area contributed by atoms with Crippen molar-refractivity contribution < 1.29 is 24.0 Å². The van der Waals surface area contributed by atoms with Crippen LogP contribution in [0.2, 0.25) is 5.02 Å². The number of alkyl carbamates (subject to hydrolysis) is 1. The normalized spacial score (nSPS) is 15.0. The van der Waals surface area contributed by atoms with Gasteiger partial charge in [-0.3, -0.25) is 9.59 Å². The number of nitrogens with one attached hydrogen (secondary N) is 3. The highest BCUT2D eigenvalue weighted by Crippen LogP contribution is 2.19. The van der Waals surface area contributed by atoms with Crippen LogP contribution in [0.1, 0.15) is 27.2 Å². The number of carbonyl (C=O) groups is 3. The van der Waals surface area contributed by atoms with E-state index in [0.717, 1.165) is 4.90 Å². The number of hydrogen-bond donors (Lipinski definition) is 3. The minimum absolute atomic E-state index is 0.0133. The molecule has 1 aliphatic rings. The summed E-state index contributed by atoms with van der Waals surface area (Å²) in [4.78, 5) is 39.0. The number of amides is 3. The van der Waals surface area contributed by atoms with Gasteiger partial charge in [0.05, 0.1) is 36.9 Å². The molecule has 0 radical (unpaired) electrons. The highest BCUT2D eigenvalue weighted by atomic mass is 35.5. The van der Waals surface area contributed by atoms with Crippen molar-refractivity contribution in [3.63, 3.8) is 0 Å². The molecule has 8 nitrogen and oxygen atoms in total. The van der Waals surface area contributed by atoms with Gasteiger partial charge in [-0.1, -0.05) is 23.7 Å². The van der Waals surface area contributed by atoms with Gasteiger partial charge in [-0.05, 0) is 32.9 Å². The summed E-state index contributed by atoms with van der Waals surface area (Å²) < 4.78 is 5.14. The summed E-state index contributed by atoms with van der Waals surface area (Å²) in [6.07, 6.45) is -0.300. The lowest BCUT2D eigenvalue weighted by molar-refractivity contribution is -0.895. The van der Waals surface area contributed by atoms with Crippen LogP contribution in [0.25, 0.3) is 0 Å². The third-order valence-corrected chi connectivity index (χ3v) is 4.72. The number of halogens is 1. The van der Waals surface area contributed by atoms with Crippen LogP contribution in [-0.4, -0.2) is 67.7 Å². The van der Waals surface area contributed by atoms with Crippen molar-refractivity contribution in [3.05, 3.63) is 29.3 Å². The zero-order valence-corrected chi connectivity index (χ0v) is 18.0. The zero-order chi connectivity index (χ0) is 21.4. The number of para-hydroxylation sites is 1. The maximum Gasteiger partial charge on any atom is 0.407 e. The van der Waals surface area contributed by atoms with Gasteiger partial charge in [-0.15, -0.1) is 0 Å². The molecule has 0 saturated carbocycles. The number of anilines is 1. The molecule has 3 N–H and O–H groups in total. The maximum atomic E-state index is 12.3. The molecule has 2 rings (SSSR count). The van der Waals surface area contributed by atoms with Crippen molar-refractivity contribution in [2.24, 2.45) is 0 Å². The third kappa shape index (κ3) is 8.29. The SMILES string of the molecule is CC(C)(C)OC(=O)NCCC(=O)N1CC[NH+](CC(=O)Nc2ccccc2Cl)CC1. The van der Waals surface area contributed by atoms with E-state index < -0.39 is 11.7 Å². The molecule has 0 bridgehead atoms. The number of piperazine rings is 1. The van der Waals surface area contributed by atoms with E-state index in [1.54, 1.807) is 37.8 Å². The number of nitrogens with zero attached hydrogens (tertiary/aromatic N) is 1. The van der Waals surface area contributed by atoms with Gasteiger partial charge >= 0.3 is 6.09 Å². The average Bonchev–Trinajstić information content (AvgIpc) is 2.62. The molecule has 0 aliphatic carbocycles. The first-order valence-electron chi connectivity index (χ1n) is 9.76. The summed E-state index contributed by atoms with van der Waals surface area (Å²) in [6, 6.07) is 7.11. The van der Waals surface area contributed by atoms with E-state index in [0.29, 0.717) is 43.4 Å². The second-order valence-corrected chi connectivity index (χ2v) is 8.42.